The van der Waals surface area contributed by atoms with Crippen LogP contribution in [-0.2, 0) is 4.79 Å². The lowest BCUT2D eigenvalue weighted by atomic mass is 10.1. The summed E-state index contributed by atoms with van der Waals surface area (Å²) < 4.78 is 0. The molecular formula is C13H11N3O4S. The average molecular weight is 305 g/mol. The molecule has 0 aliphatic heterocycles. The number of carbonyl (C=O) groups is 1. The van der Waals surface area contributed by atoms with Crippen molar-refractivity contribution in [3.63, 3.8) is 0 Å². The third kappa shape index (κ3) is 3.94. The quantitative estimate of drug-likeness (QED) is 0.499. The molecule has 0 saturated heterocycles. The molecule has 0 aliphatic rings. The maximum Gasteiger partial charge on any atom is 0.324 e. The Morgan fingerprint density at radius 2 is 2.05 bits per heavy atom. The molecule has 8 heteroatoms. The van der Waals surface area contributed by atoms with Gasteiger partial charge in [-0.3, -0.25) is 14.9 Å². The third-order valence-corrected chi connectivity index (χ3v) is 3.49. The topological polar surface area (TPSA) is 105 Å². The molecule has 0 bridgehead atoms. The van der Waals surface area contributed by atoms with E-state index in [0.29, 0.717) is 10.4 Å². The number of rotatable bonds is 5. The standard InChI is InChI=1S/C13H11N3O4S/c17-12(9-4-2-1-3-5-9)13(18)15-14-8-10-6-7-11(21-10)16(19)20/h1-8,12,17H,(H,15,18)/t12-/m0/s1. The van der Waals surface area contributed by atoms with Crippen LogP contribution in [0.2, 0.25) is 0 Å². The zero-order valence-corrected chi connectivity index (χ0v) is 11.5. The minimum Gasteiger partial charge on any atom is -0.378 e. The van der Waals surface area contributed by atoms with Crippen LogP contribution < -0.4 is 5.43 Å². The highest BCUT2D eigenvalue weighted by Gasteiger charge is 2.16. The molecule has 0 fully saturated rings. The summed E-state index contributed by atoms with van der Waals surface area (Å²) in [5.41, 5.74) is 2.64. The Bertz CT molecular complexity index is 669. The highest BCUT2D eigenvalue weighted by atomic mass is 32.1. The number of aliphatic hydroxyl groups excluding tert-OH is 1. The molecule has 21 heavy (non-hydrogen) atoms. The predicted octanol–water partition coefficient (Wildman–Crippen LogP) is 1.84. The predicted molar refractivity (Wildman–Crippen MR) is 78.1 cm³/mol. The minimum atomic E-state index is -1.32. The zero-order chi connectivity index (χ0) is 15.2. The van der Waals surface area contributed by atoms with Gasteiger partial charge >= 0.3 is 5.00 Å². The number of hydrogen-bond donors (Lipinski definition) is 2. The number of nitrogens with zero attached hydrogens (tertiary/aromatic N) is 2. The smallest absolute Gasteiger partial charge is 0.324 e. The van der Waals surface area contributed by atoms with Crippen LogP contribution in [0.5, 0.6) is 0 Å². The lowest BCUT2D eigenvalue weighted by Crippen LogP contribution is -2.25. The first kappa shape index (κ1) is 14.8. The lowest BCUT2D eigenvalue weighted by Gasteiger charge is -2.08. The van der Waals surface area contributed by atoms with Gasteiger partial charge in [-0.2, -0.15) is 5.10 Å². The van der Waals surface area contributed by atoms with Gasteiger partial charge in [0.2, 0.25) is 0 Å². The van der Waals surface area contributed by atoms with Gasteiger partial charge in [0.25, 0.3) is 5.91 Å². The molecule has 0 saturated carbocycles. The molecule has 108 valence electrons. The van der Waals surface area contributed by atoms with E-state index < -0.39 is 16.9 Å². The van der Waals surface area contributed by atoms with E-state index in [1.165, 1.54) is 18.3 Å². The van der Waals surface area contributed by atoms with Gasteiger partial charge in [-0.1, -0.05) is 41.7 Å². The van der Waals surface area contributed by atoms with E-state index in [-0.39, 0.29) is 5.00 Å². The summed E-state index contributed by atoms with van der Waals surface area (Å²) >= 11 is 0.935. The molecule has 1 heterocycles. The molecule has 2 aromatic rings. The fourth-order valence-electron chi connectivity index (χ4n) is 1.52. The Morgan fingerprint density at radius 1 is 1.33 bits per heavy atom. The number of nitro groups is 1. The van der Waals surface area contributed by atoms with E-state index >= 15 is 0 Å². The second-order valence-electron chi connectivity index (χ2n) is 3.98. The summed E-state index contributed by atoms with van der Waals surface area (Å²) in [5.74, 6) is -0.677. The van der Waals surface area contributed by atoms with Crippen molar-refractivity contribution >= 4 is 28.5 Å². The van der Waals surface area contributed by atoms with Crippen molar-refractivity contribution in [1.29, 1.82) is 0 Å². The fraction of sp³-hybridized carbons (Fsp3) is 0.0769. The summed E-state index contributed by atoms with van der Waals surface area (Å²) in [5, 5.41) is 24.0. The number of nitrogens with one attached hydrogen (secondary N) is 1. The molecule has 0 radical (unpaired) electrons. The molecule has 2 N–H and O–H groups in total. The Balaban J connectivity index is 1.94. The average Bonchev–Trinajstić information content (AvgIpc) is 2.96. The van der Waals surface area contributed by atoms with Crippen molar-refractivity contribution in [2.24, 2.45) is 5.10 Å². The van der Waals surface area contributed by atoms with Crippen molar-refractivity contribution < 1.29 is 14.8 Å². The Kier molecular flexibility index (Phi) is 4.75. The fourth-order valence-corrected chi connectivity index (χ4v) is 2.21. The highest BCUT2D eigenvalue weighted by Crippen LogP contribution is 2.22. The maximum atomic E-state index is 11.7. The number of hydrogen-bond acceptors (Lipinski definition) is 6. The third-order valence-electron chi connectivity index (χ3n) is 2.52. The summed E-state index contributed by atoms with van der Waals surface area (Å²) in [4.78, 5) is 22.2. The van der Waals surface area contributed by atoms with Crippen molar-refractivity contribution in [2.75, 3.05) is 0 Å². The Labute approximate surface area is 123 Å². The van der Waals surface area contributed by atoms with Gasteiger partial charge in [-0.25, -0.2) is 5.43 Å². The number of carbonyl (C=O) groups excluding carboxylic acids is 1. The second kappa shape index (κ2) is 6.73. The molecule has 1 aromatic heterocycles. The Hall–Kier alpha value is -2.58. The second-order valence-corrected chi connectivity index (χ2v) is 5.07. The SMILES string of the molecule is O=C(NN=Cc1ccc([N+](=O)[O-])s1)[C@@H](O)c1ccccc1. The van der Waals surface area contributed by atoms with Crippen LogP contribution in [-0.4, -0.2) is 22.2 Å². The number of thiophene rings is 1. The summed E-state index contributed by atoms with van der Waals surface area (Å²) in [6.45, 7) is 0. The van der Waals surface area contributed by atoms with Crippen LogP contribution in [0.15, 0.2) is 47.6 Å². The van der Waals surface area contributed by atoms with Gasteiger partial charge in [0.05, 0.1) is 16.0 Å². The normalized spacial score (nSPS) is 12.2. The number of benzene rings is 1. The molecular weight excluding hydrogens is 294 g/mol. The van der Waals surface area contributed by atoms with Crippen molar-refractivity contribution in [2.45, 2.75) is 6.10 Å². The molecule has 0 unspecified atom stereocenters. The molecule has 1 aromatic carbocycles. The first-order valence-electron chi connectivity index (χ1n) is 5.88. The summed E-state index contributed by atoms with van der Waals surface area (Å²) in [6, 6.07) is 11.3. The van der Waals surface area contributed by atoms with Crippen molar-refractivity contribution in [3.8, 4) is 0 Å². The van der Waals surface area contributed by atoms with E-state index in [9.17, 15) is 20.0 Å². The van der Waals surface area contributed by atoms with Crippen LogP contribution in [0.1, 0.15) is 16.5 Å². The first-order valence-corrected chi connectivity index (χ1v) is 6.70. The largest absolute Gasteiger partial charge is 0.378 e. The van der Waals surface area contributed by atoms with E-state index in [2.05, 4.69) is 10.5 Å². The van der Waals surface area contributed by atoms with E-state index in [1.54, 1.807) is 30.3 Å². The molecule has 2 rings (SSSR count). The van der Waals surface area contributed by atoms with Gasteiger partial charge < -0.3 is 5.11 Å². The Morgan fingerprint density at radius 3 is 2.67 bits per heavy atom. The van der Waals surface area contributed by atoms with E-state index in [0.717, 1.165) is 11.3 Å². The van der Waals surface area contributed by atoms with Crippen molar-refractivity contribution in [1.82, 2.24) is 5.43 Å². The van der Waals surface area contributed by atoms with Crippen LogP contribution in [0.25, 0.3) is 0 Å². The van der Waals surface area contributed by atoms with E-state index in [4.69, 9.17) is 0 Å². The summed E-state index contributed by atoms with van der Waals surface area (Å²) in [7, 11) is 0. The van der Waals surface area contributed by atoms with Crippen LogP contribution in [0, 0.1) is 10.1 Å². The molecule has 1 amide bonds. The van der Waals surface area contributed by atoms with E-state index in [1.807, 2.05) is 0 Å². The van der Waals surface area contributed by atoms with Gasteiger partial charge in [0.1, 0.15) is 0 Å². The van der Waals surface area contributed by atoms with Gasteiger partial charge in [0, 0.05) is 6.07 Å². The van der Waals surface area contributed by atoms with Crippen LogP contribution >= 0.6 is 11.3 Å². The number of aliphatic hydroxyl groups is 1. The van der Waals surface area contributed by atoms with Gasteiger partial charge in [0.15, 0.2) is 6.10 Å². The maximum absolute atomic E-state index is 11.7. The van der Waals surface area contributed by atoms with Gasteiger partial charge in [-0.15, -0.1) is 0 Å². The molecule has 0 aliphatic carbocycles. The highest BCUT2D eigenvalue weighted by molar-refractivity contribution is 7.16. The van der Waals surface area contributed by atoms with Crippen LogP contribution in [0.3, 0.4) is 0 Å². The van der Waals surface area contributed by atoms with Gasteiger partial charge in [-0.05, 0) is 11.6 Å². The monoisotopic (exact) mass is 305 g/mol. The zero-order valence-electron chi connectivity index (χ0n) is 10.7. The number of amides is 1. The molecule has 0 spiro atoms. The lowest BCUT2D eigenvalue weighted by molar-refractivity contribution is -0.380. The molecule has 1 atom stereocenters. The van der Waals surface area contributed by atoms with Crippen LogP contribution in [0.4, 0.5) is 5.00 Å². The first-order chi connectivity index (χ1) is 10.1. The minimum absolute atomic E-state index is 0.00732. The number of hydrazone groups is 1. The summed E-state index contributed by atoms with van der Waals surface area (Å²) in [6.07, 6.45) is -0.0335. The molecule has 7 nitrogen and oxygen atoms in total. The van der Waals surface area contributed by atoms with Crippen molar-refractivity contribution in [3.05, 3.63) is 63.0 Å².